The monoisotopic (exact) mass is 285 g/mol. The number of anilines is 1. The van der Waals surface area contributed by atoms with Gasteiger partial charge < -0.3 is 5.32 Å². The quantitative estimate of drug-likeness (QED) is 0.804. The number of fused-ring (bicyclic) bond motifs is 1. The first-order valence-electron chi connectivity index (χ1n) is 6.40. The highest BCUT2D eigenvalue weighted by Gasteiger charge is 2.04. The van der Waals surface area contributed by atoms with E-state index in [1.807, 2.05) is 5.38 Å². The van der Waals surface area contributed by atoms with Crippen LogP contribution < -0.4 is 10.9 Å². The summed E-state index contributed by atoms with van der Waals surface area (Å²) in [6, 6.07) is 7.84. The molecule has 2 aromatic heterocycles. The third-order valence-electron chi connectivity index (χ3n) is 3.20. The number of thiazole rings is 1. The molecular weight excluding hydrogens is 270 g/mol. The zero-order chi connectivity index (χ0) is 14.1. The van der Waals surface area contributed by atoms with Crippen LogP contribution in [0.15, 0.2) is 40.6 Å². The standard InChI is InChI=1S/C15H15N3OS/c1-10-3-4-13(11(2)7-10)16-9-12-8-14(19)18-5-6-20-15(18)17-12/h3-8,16H,9H2,1-2H3. The maximum atomic E-state index is 11.9. The molecule has 3 aromatic rings. The van der Waals surface area contributed by atoms with E-state index >= 15 is 0 Å². The first-order valence-corrected chi connectivity index (χ1v) is 7.28. The molecule has 0 radical (unpaired) electrons. The average molecular weight is 285 g/mol. The van der Waals surface area contributed by atoms with Crippen molar-refractivity contribution in [1.29, 1.82) is 0 Å². The number of nitrogens with one attached hydrogen (secondary N) is 1. The fraction of sp³-hybridized carbons (Fsp3) is 0.200. The Bertz CT molecular complexity index is 819. The molecule has 0 amide bonds. The fourth-order valence-corrected chi connectivity index (χ4v) is 2.91. The fourth-order valence-electron chi connectivity index (χ4n) is 2.18. The highest BCUT2D eigenvalue weighted by atomic mass is 32.1. The SMILES string of the molecule is Cc1ccc(NCc2cc(=O)n3ccsc3n2)c(C)c1. The largest absolute Gasteiger partial charge is 0.379 e. The van der Waals surface area contributed by atoms with Gasteiger partial charge in [0.1, 0.15) is 0 Å². The van der Waals surface area contributed by atoms with Gasteiger partial charge in [-0.05, 0) is 25.5 Å². The highest BCUT2D eigenvalue weighted by Crippen LogP contribution is 2.16. The minimum Gasteiger partial charge on any atom is -0.379 e. The van der Waals surface area contributed by atoms with Gasteiger partial charge in [0, 0.05) is 23.3 Å². The molecule has 0 aliphatic carbocycles. The van der Waals surface area contributed by atoms with E-state index in [9.17, 15) is 4.79 Å². The summed E-state index contributed by atoms with van der Waals surface area (Å²) < 4.78 is 1.56. The van der Waals surface area contributed by atoms with Gasteiger partial charge in [-0.3, -0.25) is 9.20 Å². The van der Waals surface area contributed by atoms with Crippen LogP contribution in [0, 0.1) is 13.8 Å². The molecule has 0 aliphatic heterocycles. The van der Waals surface area contributed by atoms with E-state index in [-0.39, 0.29) is 5.56 Å². The molecule has 2 heterocycles. The lowest BCUT2D eigenvalue weighted by Crippen LogP contribution is -2.14. The van der Waals surface area contributed by atoms with Gasteiger partial charge in [0.25, 0.3) is 5.56 Å². The predicted octanol–water partition coefficient (Wildman–Crippen LogP) is 2.98. The van der Waals surface area contributed by atoms with E-state index in [1.165, 1.54) is 22.5 Å². The lowest BCUT2D eigenvalue weighted by molar-refractivity contribution is 0.988. The smallest absolute Gasteiger partial charge is 0.258 e. The Balaban J connectivity index is 1.84. The molecule has 4 nitrogen and oxygen atoms in total. The molecule has 0 fully saturated rings. The topological polar surface area (TPSA) is 46.4 Å². The van der Waals surface area contributed by atoms with Crippen molar-refractivity contribution in [2.75, 3.05) is 5.32 Å². The number of nitrogens with zero attached hydrogens (tertiary/aromatic N) is 2. The molecule has 1 aromatic carbocycles. The molecule has 0 saturated carbocycles. The van der Waals surface area contributed by atoms with Crippen LogP contribution in [0.2, 0.25) is 0 Å². The van der Waals surface area contributed by atoms with Gasteiger partial charge in [-0.1, -0.05) is 17.7 Å². The first-order chi connectivity index (χ1) is 9.63. The molecule has 5 heteroatoms. The molecule has 3 rings (SSSR count). The lowest BCUT2D eigenvalue weighted by atomic mass is 10.1. The van der Waals surface area contributed by atoms with E-state index in [0.717, 1.165) is 16.3 Å². The van der Waals surface area contributed by atoms with E-state index in [0.29, 0.717) is 6.54 Å². The molecule has 0 atom stereocenters. The van der Waals surface area contributed by atoms with Gasteiger partial charge in [-0.15, -0.1) is 11.3 Å². The minimum absolute atomic E-state index is 0.0336. The summed E-state index contributed by atoms with van der Waals surface area (Å²) in [6.07, 6.45) is 1.75. The van der Waals surface area contributed by atoms with Gasteiger partial charge in [0.2, 0.25) is 0 Å². The van der Waals surface area contributed by atoms with Crippen molar-refractivity contribution in [3.05, 3.63) is 63.0 Å². The molecule has 1 N–H and O–H groups in total. The van der Waals surface area contributed by atoms with Crippen LogP contribution >= 0.6 is 11.3 Å². The average Bonchev–Trinajstić information content (AvgIpc) is 2.86. The Kier molecular flexibility index (Phi) is 3.28. The zero-order valence-electron chi connectivity index (χ0n) is 11.4. The minimum atomic E-state index is -0.0336. The molecule has 0 saturated heterocycles. The summed E-state index contributed by atoms with van der Waals surface area (Å²) >= 11 is 1.47. The molecule has 0 bridgehead atoms. The number of aromatic nitrogens is 2. The van der Waals surface area contributed by atoms with Gasteiger partial charge in [0.15, 0.2) is 4.96 Å². The molecule has 0 unspecified atom stereocenters. The third kappa shape index (κ3) is 2.44. The van der Waals surface area contributed by atoms with Crippen molar-refractivity contribution in [3.8, 4) is 0 Å². The van der Waals surface area contributed by atoms with Crippen molar-refractivity contribution < 1.29 is 0 Å². The van der Waals surface area contributed by atoms with Crippen molar-refractivity contribution >= 4 is 22.0 Å². The molecule has 0 aliphatic rings. The van der Waals surface area contributed by atoms with Crippen molar-refractivity contribution in [1.82, 2.24) is 9.38 Å². The Labute approximate surface area is 120 Å². The lowest BCUT2D eigenvalue weighted by Gasteiger charge is -2.09. The molecule has 102 valence electrons. The molecule has 20 heavy (non-hydrogen) atoms. The maximum Gasteiger partial charge on any atom is 0.258 e. The van der Waals surface area contributed by atoms with Gasteiger partial charge in [-0.25, -0.2) is 4.98 Å². The maximum absolute atomic E-state index is 11.9. The Morgan fingerprint density at radius 1 is 1.30 bits per heavy atom. The number of hydrogen-bond donors (Lipinski definition) is 1. The normalized spacial score (nSPS) is 10.9. The van der Waals surface area contributed by atoms with Crippen LogP contribution in [0.3, 0.4) is 0 Å². The Morgan fingerprint density at radius 3 is 2.95 bits per heavy atom. The van der Waals surface area contributed by atoms with Crippen LogP contribution in [0.4, 0.5) is 5.69 Å². The number of rotatable bonds is 3. The zero-order valence-corrected chi connectivity index (χ0v) is 12.2. The van der Waals surface area contributed by atoms with Crippen molar-refractivity contribution in [3.63, 3.8) is 0 Å². The first kappa shape index (κ1) is 12.9. The second-order valence-electron chi connectivity index (χ2n) is 4.81. The van der Waals surface area contributed by atoms with Crippen LogP contribution in [0.25, 0.3) is 4.96 Å². The van der Waals surface area contributed by atoms with Crippen molar-refractivity contribution in [2.24, 2.45) is 0 Å². The highest BCUT2D eigenvalue weighted by molar-refractivity contribution is 7.15. The summed E-state index contributed by atoms with van der Waals surface area (Å²) in [6.45, 7) is 4.69. The summed E-state index contributed by atoms with van der Waals surface area (Å²) in [5, 5.41) is 5.20. The van der Waals surface area contributed by atoms with Crippen LogP contribution in [0.5, 0.6) is 0 Å². The summed E-state index contributed by atoms with van der Waals surface area (Å²) in [5.41, 5.74) is 4.23. The van der Waals surface area contributed by atoms with E-state index in [4.69, 9.17) is 0 Å². The second kappa shape index (κ2) is 5.09. The summed E-state index contributed by atoms with van der Waals surface area (Å²) in [7, 11) is 0. The second-order valence-corrected chi connectivity index (χ2v) is 5.69. The van der Waals surface area contributed by atoms with Gasteiger partial charge in [0.05, 0.1) is 12.2 Å². The van der Waals surface area contributed by atoms with E-state index in [1.54, 1.807) is 16.7 Å². The number of benzene rings is 1. The van der Waals surface area contributed by atoms with Crippen LogP contribution in [0.1, 0.15) is 16.8 Å². The number of aryl methyl sites for hydroxylation is 2. The number of hydrogen-bond acceptors (Lipinski definition) is 4. The Hall–Kier alpha value is -2.14. The predicted molar refractivity (Wildman–Crippen MR) is 82.6 cm³/mol. The van der Waals surface area contributed by atoms with Crippen LogP contribution in [-0.4, -0.2) is 9.38 Å². The molecular formula is C15H15N3OS. The van der Waals surface area contributed by atoms with Crippen molar-refractivity contribution in [2.45, 2.75) is 20.4 Å². The summed E-state index contributed by atoms with van der Waals surface area (Å²) in [4.78, 5) is 17.1. The third-order valence-corrected chi connectivity index (χ3v) is 3.95. The van der Waals surface area contributed by atoms with Crippen LogP contribution in [-0.2, 0) is 6.54 Å². The summed E-state index contributed by atoms with van der Waals surface area (Å²) in [5.74, 6) is 0. The van der Waals surface area contributed by atoms with E-state index < -0.39 is 0 Å². The van der Waals surface area contributed by atoms with E-state index in [2.05, 4.69) is 42.3 Å². The Morgan fingerprint density at radius 2 is 2.15 bits per heavy atom. The van der Waals surface area contributed by atoms with Gasteiger partial charge >= 0.3 is 0 Å². The molecule has 0 spiro atoms. The van der Waals surface area contributed by atoms with Gasteiger partial charge in [-0.2, -0.15) is 0 Å².